The third-order valence-corrected chi connectivity index (χ3v) is 10.5. The van der Waals surface area contributed by atoms with Gasteiger partial charge in [0.15, 0.2) is 0 Å². The van der Waals surface area contributed by atoms with Gasteiger partial charge >= 0.3 is 5.97 Å². The van der Waals surface area contributed by atoms with Crippen LogP contribution in [0.2, 0.25) is 0 Å². The van der Waals surface area contributed by atoms with Crippen LogP contribution in [0.5, 0.6) is 0 Å². The van der Waals surface area contributed by atoms with Gasteiger partial charge in [0.2, 0.25) is 5.92 Å². The molecule has 4 saturated carbocycles. The lowest BCUT2D eigenvalue weighted by Gasteiger charge is -2.64. The van der Waals surface area contributed by atoms with Crippen molar-refractivity contribution in [1.82, 2.24) is 0 Å². The van der Waals surface area contributed by atoms with E-state index in [1.54, 1.807) is 6.92 Å². The van der Waals surface area contributed by atoms with E-state index in [9.17, 15) is 13.6 Å². The van der Waals surface area contributed by atoms with Gasteiger partial charge in [0.1, 0.15) is 0 Å². The van der Waals surface area contributed by atoms with Gasteiger partial charge in [-0.25, -0.2) is 26.3 Å². The van der Waals surface area contributed by atoms with Crippen molar-refractivity contribution >= 4 is 5.97 Å². The van der Waals surface area contributed by atoms with Crippen LogP contribution in [0, 0.1) is 46.3 Å². The Kier molecular flexibility index (Phi) is 5.93. The van der Waals surface area contributed by atoms with Crippen molar-refractivity contribution in [3.8, 4) is 0 Å². The topological polar surface area (TPSA) is 26.3 Å². The average molecular weight is 483 g/mol. The van der Waals surface area contributed by atoms with Gasteiger partial charge in [0.05, 0.1) is 7.11 Å². The summed E-state index contributed by atoms with van der Waals surface area (Å²) in [7, 11) is 1.27. The van der Waals surface area contributed by atoms with E-state index in [1.165, 1.54) is 14.0 Å². The number of hydrogen-bond donors (Lipinski definition) is 0. The van der Waals surface area contributed by atoms with E-state index in [0.29, 0.717) is 12.8 Å². The molecular formula is C25H36F6O2. The van der Waals surface area contributed by atoms with E-state index in [1.807, 2.05) is 6.92 Å². The molecule has 4 rings (SSSR count). The van der Waals surface area contributed by atoms with E-state index in [4.69, 9.17) is 0 Å². The van der Waals surface area contributed by atoms with E-state index < -0.39 is 89.8 Å². The first kappa shape index (κ1) is 25.2. The van der Waals surface area contributed by atoms with Crippen LogP contribution in [0.25, 0.3) is 0 Å². The van der Waals surface area contributed by atoms with Crippen LogP contribution in [0.1, 0.15) is 78.6 Å². The molecule has 4 aliphatic rings. The molecule has 0 N–H and O–H groups in total. The number of ether oxygens (including phenoxy) is 1. The first-order valence-electron chi connectivity index (χ1n) is 12.3. The number of esters is 1. The van der Waals surface area contributed by atoms with Crippen molar-refractivity contribution in [3.05, 3.63) is 0 Å². The first-order valence-corrected chi connectivity index (χ1v) is 12.3. The van der Waals surface area contributed by atoms with Crippen molar-refractivity contribution < 1.29 is 35.9 Å². The number of carbonyl (C=O) groups is 1. The summed E-state index contributed by atoms with van der Waals surface area (Å²) in [6.45, 7) is 5.01. The monoisotopic (exact) mass is 482 g/mol. The second-order valence-corrected chi connectivity index (χ2v) is 11.9. The van der Waals surface area contributed by atoms with E-state index in [-0.39, 0.29) is 25.2 Å². The molecule has 0 aromatic rings. The number of fused-ring (bicyclic) bond motifs is 5. The maximum Gasteiger partial charge on any atom is 0.305 e. The molecule has 0 saturated heterocycles. The minimum absolute atomic E-state index is 0.0143. The summed E-state index contributed by atoms with van der Waals surface area (Å²) < 4.78 is 96.3. The van der Waals surface area contributed by atoms with E-state index in [2.05, 4.69) is 4.74 Å². The maximum atomic E-state index is 16.0. The van der Waals surface area contributed by atoms with Crippen molar-refractivity contribution in [2.75, 3.05) is 7.11 Å². The summed E-state index contributed by atoms with van der Waals surface area (Å²) in [6.07, 6.45) is -1.17. The zero-order chi connectivity index (χ0) is 24.6. The molecule has 0 aromatic carbocycles. The largest absolute Gasteiger partial charge is 0.469 e. The minimum atomic E-state index is -3.24. The number of rotatable bonds is 4. The highest BCUT2D eigenvalue weighted by Gasteiger charge is 2.76. The molecule has 4 fully saturated rings. The second-order valence-electron chi connectivity index (χ2n) is 11.9. The standard InChI is InChI=1S/C25H36F6O2/c1-14(5-8-19(32)33-4)16-6-7-17-20-18(13-25(30,31)22(16,17)3)21(2)9-10-23(26,27)11-15(21)12-24(20,28)29/h14-18,20H,5-13H2,1-4H3/t14-,15+,16?,17+,18+,20+,21+,22-/m1/s1. The normalized spacial score (nSPS) is 45.9. The molecule has 8 heteroatoms. The number of carbonyl (C=O) groups excluding carboxylic acids is 1. The Morgan fingerprint density at radius 1 is 0.970 bits per heavy atom. The highest BCUT2D eigenvalue weighted by molar-refractivity contribution is 5.69. The predicted molar refractivity (Wildman–Crippen MR) is 111 cm³/mol. The van der Waals surface area contributed by atoms with Gasteiger partial charge in [-0.3, -0.25) is 4.79 Å². The maximum absolute atomic E-state index is 16.0. The van der Waals surface area contributed by atoms with Gasteiger partial charge in [-0.05, 0) is 60.7 Å². The van der Waals surface area contributed by atoms with Crippen molar-refractivity contribution in [3.63, 3.8) is 0 Å². The molecule has 190 valence electrons. The third-order valence-electron chi connectivity index (χ3n) is 10.5. The summed E-state index contributed by atoms with van der Waals surface area (Å²) in [4.78, 5) is 11.6. The van der Waals surface area contributed by atoms with E-state index in [0.717, 1.165) is 0 Å². The van der Waals surface area contributed by atoms with Crippen LogP contribution in [-0.4, -0.2) is 30.8 Å². The zero-order valence-electron chi connectivity index (χ0n) is 19.9. The molecule has 0 radical (unpaired) electrons. The SMILES string of the molecule is COC(=O)CC[C@@H](C)C1CC[C@H]2[C@H]3[C@H](CC(F)(F)[C@]12C)[C@@]1(C)CCC(F)(F)C[C@H]1CC3(F)F. The Balaban J connectivity index is 1.68. The van der Waals surface area contributed by atoms with Crippen LogP contribution in [-0.2, 0) is 9.53 Å². The molecule has 0 bridgehead atoms. The van der Waals surface area contributed by atoms with Gasteiger partial charge in [-0.15, -0.1) is 0 Å². The molecule has 33 heavy (non-hydrogen) atoms. The number of methoxy groups -OCH3 is 1. The summed E-state index contributed by atoms with van der Waals surface area (Å²) in [6, 6.07) is 0. The van der Waals surface area contributed by atoms with Gasteiger partial charge in [0, 0.05) is 43.4 Å². The fourth-order valence-corrected chi connectivity index (χ4v) is 8.60. The Labute approximate surface area is 192 Å². The van der Waals surface area contributed by atoms with Crippen LogP contribution < -0.4 is 0 Å². The molecule has 0 amide bonds. The van der Waals surface area contributed by atoms with E-state index >= 15 is 17.6 Å². The number of halogens is 6. The lowest BCUT2D eigenvalue weighted by Crippen LogP contribution is -2.66. The lowest BCUT2D eigenvalue weighted by atomic mass is 9.42. The summed E-state index contributed by atoms with van der Waals surface area (Å²) >= 11 is 0. The molecular weight excluding hydrogens is 446 g/mol. The van der Waals surface area contributed by atoms with Gasteiger partial charge in [-0.1, -0.05) is 20.8 Å². The Bertz CT molecular complexity index is 785. The van der Waals surface area contributed by atoms with Crippen molar-refractivity contribution in [1.29, 1.82) is 0 Å². The molecule has 2 nitrogen and oxygen atoms in total. The molecule has 0 heterocycles. The Morgan fingerprint density at radius 2 is 1.64 bits per heavy atom. The van der Waals surface area contributed by atoms with Gasteiger partial charge in [-0.2, -0.15) is 0 Å². The van der Waals surface area contributed by atoms with Crippen LogP contribution in [0.4, 0.5) is 26.3 Å². The van der Waals surface area contributed by atoms with Gasteiger partial charge < -0.3 is 4.74 Å². The molecule has 8 atom stereocenters. The van der Waals surface area contributed by atoms with Crippen molar-refractivity contribution in [2.24, 2.45) is 46.3 Å². The van der Waals surface area contributed by atoms with Crippen LogP contribution in [0.15, 0.2) is 0 Å². The second kappa shape index (κ2) is 7.78. The summed E-state index contributed by atoms with van der Waals surface area (Å²) in [5, 5.41) is 0. The van der Waals surface area contributed by atoms with Crippen LogP contribution >= 0.6 is 0 Å². The predicted octanol–water partition coefficient (Wildman–Crippen LogP) is 7.36. The molecule has 1 unspecified atom stereocenters. The van der Waals surface area contributed by atoms with Crippen LogP contribution in [0.3, 0.4) is 0 Å². The first-order chi connectivity index (χ1) is 15.1. The molecule has 0 aliphatic heterocycles. The smallest absolute Gasteiger partial charge is 0.305 e. The molecule has 0 aromatic heterocycles. The Morgan fingerprint density at radius 3 is 2.27 bits per heavy atom. The highest BCUT2D eigenvalue weighted by Crippen LogP contribution is 2.74. The molecule has 0 spiro atoms. The zero-order valence-corrected chi connectivity index (χ0v) is 19.9. The quantitative estimate of drug-likeness (QED) is 0.309. The lowest BCUT2D eigenvalue weighted by molar-refractivity contribution is -0.300. The number of alkyl halides is 6. The average Bonchev–Trinajstić information content (AvgIpc) is 3.06. The fraction of sp³-hybridized carbons (Fsp3) is 0.960. The summed E-state index contributed by atoms with van der Waals surface area (Å²) in [5.41, 5.74) is -2.53. The third kappa shape index (κ3) is 3.71. The fourth-order valence-electron chi connectivity index (χ4n) is 8.60. The highest BCUT2D eigenvalue weighted by atomic mass is 19.3. The summed E-state index contributed by atoms with van der Waals surface area (Å²) in [5.74, 6) is -14.6. The van der Waals surface area contributed by atoms with Crippen molar-refractivity contribution in [2.45, 2.75) is 96.3 Å². The van der Waals surface area contributed by atoms with Gasteiger partial charge in [0.25, 0.3) is 11.8 Å². The number of hydrogen-bond acceptors (Lipinski definition) is 2. The Hall–Kier alpha value is -0.950. The molecule has 4 aliphatic carbocycles. The minimum Gasteiger partial charge on any atom is -0.469 e.